The number of nitrogens with one attached hydrogen (secondary N) is 1. The van der Waals surface area contributed by atoms with Crippen molar-refractivity contribution in [1.29, 1.82) is 0 Å². The smallest absolute Gasteiger partial charge is 0.246 e. The molecule has 0 aliphatic carbocycles. The van der Waals surface area contributed by atoms with Gasteiger partial charge in [0, 0.05) is 53.9 Å². The van der Waals surface area contributed by atoms with Crippen LogP contribution in [0.15, 0.2) is 60.7 Å². The van der Waals surface area contributed by atoms with Gasteiger partial charge in [-0.2, -0.15) is 0 Å². The summed E-state index contributed by atoms with van der Waals surface area (Å²) in [7, 11) is 0. The molecule has 2 aliphatic heterocycles. The van der Waals surface area contributed by atoms with Gasteiger partial charge in [-0.1, -0.05) is 18.2 Å². The predicted octanol–water partition coefficient (Wildman–Crippen LogP) is 4.71. The number of likely N-dealkylation sites (tertiary alicyclic amines) is 1. The molecule has 0 spiro atoms. The Morgan fingerprint density at radius 2 is 1.71 bits per heavy atom. The van der Waals surface area contributed by atoms with Crippen LogP contribution in [0.25, 0.3) is 11.8 Å². The van der Waals surface area contributed by atoms with Gasteiger partial charge >= 0.3 is 0 Å². The second kappa shape index (κ2) is 9.70. The third kappa shape index (κ3) is 4.80. The fourth-order valence-electron chi connectivity index (χ4n) is 4.78. The van der Waals surface area contributed by atoms with E-state index in [1.54, 1.807) is 18.2 Å². The van der Waals surface area contributed by atoms with E-state index >= 15 is 0 Å². The minimum Gasteiger partial charge on any atom is -0.454 e. The largest absolute Gasteiger partial charge is 0.454 e. The molecule has 7 heteroatoms. The van der Waals surface area contributed by atoms with Crippen LogP contribution in [0.3, 0.4) is 0 Å². The fourth-order valence-corrected chi connectivity index (χ4v) is 4.78. The number of benzene rings is 2. The summed E-state index contributed by atoms with van der Waals surface area (Å²) < 4.78 is 12.9. The predicted molar refractivity (Wildman–Crippen MR) is 135 cm³/mol. The molecule has 0 bridgehead atoms. The zero-order valence-corrected chi connectivity index (χ0v) is 20.0. The van der Waals surface area contributed by atoms with Crippen LogP contribution in [0.1, 0.15) is 29.8 Å². The van der Waals surface area contributed by atoms with Gasteiger partial charge in [0.1, 0.15) is 0 Å². The molecular weight excluding hydrogens is 442 g/mol. The highest BCUT2D eigenvalue weighted by Gasteiger charge is 2.27. The van der Waals surface area contributed by atoms with E-state index in [1.807, 2.05) is 35.2 Å². The van der Waals surface area contributed by atoms with E-state index in [0.29, 0.717) is 43.1 Å². The standard InChI is InChI=1S/C28H29N3O4/c1-19-16-22(20(2)31(19)24-6-4-3-5-7-24)8-11-27(32)30-14-12-21(13-15-30)28(33)29-23-9-10-25-26(17-23)35-18-34-25/h3-11,16-17,21H,12-15,18H2,1-2H3,(H,29,33). The Balaban J connectivity index is 1.16. The average Bonchev–Trinajstić information content (AvgIpc) is 3.46. The monoisotopic (exact) mass is 471 g/mol. The van der Waals surface area contributed by atoms with Crippen molar-refractivity contribution < 1.29 is 19.1 Å². The second-order valence-electron chi connectivity index (χ2n) is 8.99. The first kappa shape index (κ1) is 22.8. The molecule has 3 heterocycles. The molecule has 0 saturated carbocycles. The number of rotatable bonds is 5. The van der Waals surface area contributed by atoms with Crippen molar-refractivity contribution in [3.8, 4) is 17.2 Å². The van der Waals surface area contributed by atoms with Gasteiger partial charge < -0.3 is 24.3 Å². The lowest BCUT2D eigenvalue weighted by atomic mass is 9.95. The van der Waals surface area contributed by atoms with Crippen LogP contribution >= 0.6 is 0 Å². The first-order valence-electron chi connectivity index (χ1n) is 11.9. The van der Waals surface area contributed by atoms with E-state index in [2.05, 4.69) is 41.9 Å². The van der Waals surface area contributed by atoms with Gasteiger partial charge in [-0.05, 0) is 68.7 Å². The number of piperidine rings is 1. The number of nitrogens with zero attached hydrogens (tertiary/aromatic N) is 2. The number of amides is 2. The molecule has 0 radical (unpaired) electrons. The van der Waals surface area contributed by atoms with Gasteiger partial charge in [0.15, 0.2) is 11.5 Å². The molecule has 2 aromatic carbocycles. The lowest BCUT2D eigenvalue weighted by Gasteiger charge is -2.30. The summed E-state index contributed by atoms with van der Waals surface area (Å²) in [5.74, 6) is 1.15. The fraction of sp³-hybridized carbons (Fsp3) is 0.286. The van der Waals surface area contributed by atoms with Gasteiger partial charge in [0.05, 0.1) is 0 Å². The topological polar surface area (TPSA) is 72.8 Å². The van der Waals surface area contributed by atoms with Crippen molar-refractivity contribution in [2.45, 2.75) is 26.7 Å². The molecule has 1 saturated heterocycles. The van der Waals surface area contributed by atoms with E-state index in [-0.39, 0.29) is 24.5 Å². The van der Waals surface area contributed by atoms with E-state index in [9.17, 15) is 9.59 Å². The Labute approximate surface area is 205 Å². The minimum atomic E-state index is -0.127. The summed E-state index contributed by atoms with van der Waals surface area (Å²) in [5, 5.41) is 2.97. The first-order valence-corrected chi connectivity index (χ1v) is 11.9. The van der Waals surface area contributed by atoms with E-state index in [1.165, 1.54) is 0 Å². The summed E-state index contributed by atoms with van der Waals surface area (Å²) >= 11 is 0. The van der Waals surface area contributed by atoms with Crippen LogP contribution < -0.4 is 14.8 Å². The summed E-state index contributed by atoms with van der Waals surface area (Å²) in [6, 6.07) is 17.7. The molecule has 0 unspecified atom stereocenters. The van der Waals surface area contributed by atoms with Crippen molar-refractivity contribution in [2.75, 3.05) is 25.2 Å². The Morgan fingerprint density at radius 1 is 0.971 bits per heavy atom. The number of ether oxygens (including phenoxy) is 2. The van der Waals surface area contributed by atoms with Crippen LogP contribution in [0.5, 0.6) is 11.5 Å². The van der Waals surface area contributed by atoms with Crippen molar-refractivity contribution in [1.82, 2.24) is 9.47 Å². The molecule has 1 fully saturated rings. The van der Waals surface area contributed by atoms with E-state index < -0.39 is 0 Å². The molecule has 7 nitrogen and oxygen atoms in total. The number of para-hydroxylation sites is 1. The number of hydrogen-bond donors (Lipinski definition) is 1. The van der Waals surface area contributed by atoms with Crippen molar-refractivity contribution >= 4 is 23.6 Å². The lowest BCUT2D eigenvalue weighted by Crippen LogP contribution is -2.40. The second-order valence-corrected chi connectivity index (χ2v) is 8.99. The zero-order valence-electron chi connectivity index (χ0n) is 20.0. The number of anilines is 1. The molecule has 180 valence electrons. The number of hydrogen-bond acceptors (Lipinski definition) is 4. The maximum atomic E-state index is 12.8. The quantitative estimate of drug-likeness (QED) is 0.547. The Bertz CT molecular complexity index is 1270. The van der Waals surface area contributed by atoms with Gasteiger partial charge in [-0.25, -0.2) is 0 Å². The van der Waals surface area contributed by atoms with Crippen LogP contribution in [-0.2, 0) is 9.59 Å². The maximum absolute atomic E-state index is 12.8. The molecule has 1 aromatic heterocycles. The van der Waals surface area contributed by atoms with Gasteiger partial charge in [-0.15, -0.1) is 0 Å². The van der Waals surface area contributed by atoms with Crippen LogP contribution in [0.4, 0.5) is 5.69 Å². The molecule has 35 heavy (non-hydrogen) atoms. The Kier molecular flexibility index (Phi) is 6.31. The molecule has 2 aliphatic rings. The summed E-state index contributed by atoms with van der Waals surface area (Å²) in [6.45, 7) is 5.45. The van der Waals surface area contributed by atoms with Gasteiger partial charge in [0.2, 0.25) is 18.6 Å². The SMILES string of the molecule is Cc1cc(C=CC(=O)N2CCC(C(=O)Nc3ccc4c(c3)OCO4)CC2)c(C)n1-c1ccccc1. The highest BCUT2D eigenvalue weighted by molar-refractivity contribution is 5.94. The third-order valence-electron chi connectivity index (χ3n) is 6.71. The number of aromatic nitrogens is 1. The number of carbonyl (C=O) groups is 2. The van der Waals surface area contributed by atoms with Crippen molar-refractivity contribution in [2.24, 2.45) is 5.92 Å². The Hall–Kier alpha value is -4.00. The number of carbonyl (C=O) groups excluding carboxylic acids is 2. The molecule has 3 aromatic rings. The van der Waals surface area contributed by atoms with Gasteiger partial charge in [-0.3, -0.25) is 9.59 Å². The molecule has 1 N–H and O–H groups in total. The summed E-state index contributed by atoms with van der Waals surface area (Å²) in [4.78, 5) is 27.4. The maximum Gasteiger partial charge on any atom is 0.246 e. The molecule has 0 atom stereocenters. The first-order chi connectivity index (χ1) is 17.0. The summed E-state index contributed by atoms with van der Waals surface area (Å²) in [5.41, 5.74) is 5.03. The van der Waals surface area contributed by atoms with Crippen molar-refractivity contribution in [3.05, 3.63) is 77.6 Å². The highest BCUT2D eigenvalue weighted by Crippen LogP contribution is 2.34. The zero-order chi connectivity index (χ0) is 24.4. The highest BCUT2D eigenvalue weighted by atomic mass is 16.7. The lowest BCUT2D eigenvalue weighted by molar-refractivity contribution is -0.130. The van der Waals surface area contributed by atoms with Crippen LogP contribution in [0, 0.1) is 19.8 Å². The molecule has 5 rings (SSSR count). The van der Waals surface area contributed by atoms with E-state index in [0.717, 1.165) is 22.6 Å². The van der Waals surface area contributed by atoms with Crippen LogP contribution in [0.2, 0.25) is 0 Å². The number of fused-ring (bicyclic) bond motifs is 1. The van der Waals surface area contributed by atoms with E-state index in [4.69, 9.17) is 9.47 Å². The minimum absolute atomic E-state index is 0.0239. The van der Waals surface area contributed by atoms with Gasteiger partial charge in [0.25, 0.3) is 0 Å². The summed E-state index contributed by atoms with van der Waals surface area (Å²) in [6.07, 6.45) is 4.81. The average molecular weight is 472 g/mol. The number of aryl methyl sites for hydroxylation is 1. The van der Waals surface area contributed by atoms with Crippen LogP contribution in [-0.4, -0.2) is 41.2 Å². The molecule has 2 amide bonds. The Morgan fingerprint density at radius 3 is 2.49 bits per heavy atom. The molecular formula is C28H29N3O4. The normalized spacial score (nSPS) is 15.5. The third-order valence-corrected chi connectivity index (χ3v) is 6.71. The van der Waals surface area contributed by atoms with Crippen molar-refractivity contribution in [3.63, 3.8) is 0 Å².